The molecule has 1 saturated carbocycles. The Morgan fingerprint density at radius 3 is 2.26 bits per heavy atom. The zero-order chi connectivity index (χ0) is 30.3. The second-order valence-electron chi connectivity index (χ2n) is 10.1. The molecule has 3 aromatic carbocycles. The Morgan fingerprint density at radius 1 is 0.930 bits per heavy atom. The lowest BCUT2D eigenvalue weighted by Gasteiger charge is -2.26. The zero-order valence-corrected chi connectivity index (χ0v) is 23.6. The molecule has 2 heterocycles. The van der Waals surface area contributed by atoms with Crippen molar-refractivity contribution < 1.29 is 27.9 Å². The number of anilines is 2. The van der Waals surface area contributed by atoms with Crippen LogP contribution in [0, 0.1) is 17.0 Å². The molecular formula is C32H24F2N4O4S. The molecule has 5 aromatic rings. The molecule has 1 fully saturated rings. The number of benzene rings is 3. The van der Waals surface area contributed by atoms with Gasteiger partial charge in [0.05, 0.1) is 15.9 Å². The number of aromatic nitrogens is 1. The normalized spacial score (nSPS) is 13.4. The molecule has 216 valence electrons. The number of carbonyl (C=O) groups is 3. The summed E-state index contributed by atoms with van der Waals surface area (Å²) < 4.78 is 35.9. The van der Waals surface area contributed by atoms with Crippen LogP contribution in [0.2, 0.25) is 0 Å². The maximum Gasteiger partial charge on any atom is 0.251 e. The summed E-state index contributed by atoms with van der Waals surface area (Å²) in [6.07, 6.45) is 2.12. The first-order chi connectivity index (χ1) is 20.7. The van der Waals surface area contributed by atoms with Crippen LogP contribution in [0.3, 0.4) is 0 Å². The van der Waals surface area contributed by atoms with Crippen LogP contribution < -0.4 is 20.7 Å². The van der Waals surface area contributed by atoms with Crippen molar-refractivity contribution in [1.29, 1.82) is 0 Å². The molecule has 2 aromatic heterocycles. The van der Waals surface area contributed by atoms with E-state index in [-0.39, 0.29) is 35.9 Å². The predicted molar refractivity (Wildman–Crippen MR) is 159 cm³/mol. The predicted octanol–water partition coefficient (Wildman–Crippen LogP) is 6.32. The average Bonchev–Trinajstić information content (AvgIpc) is 3.72. The van der Waals surface area contributed by atoms with Crippen LogP contribution in [0.25, 0.3) is 20.7 Å². The molecule has 0 radical (unpaired) electrons. The van der Waals surface area contributed by atoms with Crippen LogP contribution in [0.15, 0.2) is 85.1 Å². The molecular weight excluding hydrogens is 574 g/mol. The van der Waals surface area contributed by atoms with Gasteiger partial charge >= 0.3 is 0 Å². The van der Waals surface area contributed by atoms with E-state index in [0.717, 1.165) is 16.5 Å². The van der Waals surface area contributed by atoms with Crippen molar-refractivity contribution in [3.63, 3.8) is 0 Å². The minimum absolute atomic E-state index is 0.0938. The van der Waals surface area contributed by atoms with Crippen LogP contribution in [-0.2, 0) is 9.59 Å². The van der Waals surface area contributed by atoms with E-state index in [0.29, 0.717) is 21.5 Å². The molecule has 8 nitrogen and oxygen atoms in total. The molecule has 1 aliphatic carbocycles. The second-order valence-corrected chi connectivity index (χ2v) is 11.1. The summed E-state index contributed by atoms with van der Waals surface area (Å²) in [6.45, 7) is 0. The summed E-state index contributed by atoms with van der Waals surface area (Å²) in [6, 6.07) is 19.8. The SMILES string of the molecule is CNC(=O)c1ccc(-c2cc3nccc(Oc4ccc(N(C(=O)C5(C(N)=O)CC5)c5ccc(F)cc5)cc4F)c3s2)cc1. The van der Waals surface area contributed by atoms with Gasteiger partial charge in [0.15, 0.2) is 11.6 Å². The number of nitrogens with two attached hydrogens (primary N) is 1. The van der Waals surface area contributed by atoms with Gasteiger partial charge in [-0.05, 0) is 73.0 Å². The number of hydrogen-bond acceptors (Lipinski definition) is 6. The number of carbonyl (C=O) groups excluding carboxylic acids is 3. The van der Waals surface area contributed by atoms with Gasteiger partial charge in [-0.2, -0.15) is 0 Å². The van der Waals surface area contributed by atoms with Gasteiger partial charge in [0.1, 0.15) is 17.0 Å². The Bertz CT molecular complexity index is 1890. The van der Waals surface area contributed by atoms with Crippen molar-refractivity contribution in [2.75, 3.05) is 11.9 Å². The number of ether oxygens (including phenoxy) is 1. The number of nitrogens with zero attached hydrogens (tertiary/aromatic N) is 2. The first kappa shape index (κ1) is 28.0. The lowest BCUT2D eigenvalue weighted by Crippen LogP contribution is -2.41. The van der Waals surface area contributed by atoms with Crippen LogP contribution in [-0.4, -0.2) is 29.8 Å². The van der Waals surface area contributed by atoms with Gasteiger partial charge in [-0.15, -0.1) is 11.3 Å². The third-order valence-corrected chi connectivity index (χ3v) is 8.53. The fraction of sp³-hybridized carbons (Fsp3) is 0.125. The largest absolute Gasteiger partial charge is 0.453 e. The Balaban J connectivity index is 1.31. The van der Waals surface area contributed by atoms with Crippen molar-refractivity contribution in [2.45, 2.75) is 12.8 Å². The van der Waals surface area contributed by atoms with Gasteiger partial charge in [-0.1, -0.05) is 12.1 Å². The van der Waals surface area contributed by atoms with Crippen molar-refractivity contribution in [1.82, 2.24) is 10.3 Å². The molecule has 0 unspecified atom stereocenters. The van der Waals surface area contributed by atoms with Gasteiger partial charge in [-0.3, -0.25) is 24.3 Å². The van der Waals surface area contributed by atoms with Crippen LogP contribution in [0.5, 0.6) is 11.5 Å². The van der Waals surface area contributed by atoms with Gasteiger partial charge in [-0.25, -0.2) is 8.78 Å². The second kappa shape index (κ2) is 10.9. The van der Waals surface area contributed by atoms with Crippen molar-refractivity contribution in [2.24, 2.45) is 11.1 Å². The standard InChI is InChI=1S/C32H24F2N4O4S/c1-36-29(39)19-4-2-18(3-5-19)27-17-24-28(43-27)26(12-15-37-24)42-25-11-10-22(16-23(25)34)38(21-8-6-20(33)7-9-21)31(41)32(13-14-32)30(35)40/h2-12,15-17H,13-14H2,1H3,(H2,35,40)(H,36,39). The molecule has 3 N–H and O–H groups in total. The maximum atomic E-state index is 15.6. The average molecular weight is 599 g/mol. The highest BCUT2D eigenvalue weighted by Gasteiger charge is 2.57. The van der Waals surface area contributed by atoms with E-state index in [1.165, 1.54) is 52.6 Å². The molecule has 6 rings (SSSR count). The van der Waals surface area contributed by atoms with Crippen molar-refractivity contribution in [3.8, 4) is 21.9 Å². The molecule has 0 atom stereocenters. The summed E-state index contributed by atoms with van der Waals surface area (Å²) in [5.41, 5.74) is 6.62. The van der Waals surface area contributed by atoms with E-state index in [2.05, 4.69) is 10.3 Å². The van der Waals surface area contributed by atoms with E-state index in [4.69, 9.17) is 10.5 Å². The minimum atomic E-state index is -1.39. The van der Waals surface area contributed by atoms with E-state index in [1.807, 2.05) is 18.2 Å². The summed E-state index contributed by atoms with van der Waals surface area (Å²) >= 11 is 1.41. The number of thiophene rings is 1. The number of amides is 3. The number of pyridine rings is 1. The highest BCUT2D eigenvalue weighted by Crippen LogP contribution is 2.49. The number of halogens is 2. The molecule has 1 aliphatic rings. The first-order valence-electron chi connectivity index (χ1n) is 13.3. The molecule has 0 saturated heterocycles. The Labute approximate surface area is 248 Å². The molecule has 0 aliphatic heterocycles. The van der Waals surface area contributed by atoms with Crippen molar-refractivity contribution in [3.05, 3.63) is 102 Å². The van der Waals surface area contributed by atoms with E-state index < -0.39 is 28.9 Å². The summed E-state index contributed by atoms with van der Waals surface area (Å²) in [7, 11) is 1.57. The number of primary amides is 1. The molecule has 11 heteroatoms. The fourth-order valence-electron chi connectivity index (χ4n) is 4.78. The van der Waals surface area contributed by atoms with Gasteiger partial charge in [0.2, 0.25) is 11.8 Å². The monoisotopic (exact) mass is 598 g/mol. The fourth-order valence-corrected chi connectivity index (χ4v) is 5.85. The van der Waals surface area contributed by atoms with E-state index in [1.54, 1.807) is 31.4 Å². The number of rotatable bonds is 8. The maximum absolute atomic E-state index is 15.6. The van der Waals surface area contributed by atoms with Gasteiger partial charge in [0, 0.05) is 41.5 Å². The molecule has 0 bridgehead atoms. The quantitative estimate of drug-likeness (QED) is 0.203. The van der Waals surface area contributed by atoms with E-state index in [9.17, 15) is 18.8 Å². The lowest BCUT2D eigenvalue weighted by atomic mass is 10.0. The Morgan fingerprint density at radius 2 is 1.63 bits per heavy atom. The summed E-state index contributed by atoms with van der Waals surface area (Å²) in [4.78, 5) is 44.0. The smallest absolute Gasteiger partial charge is 0.251 e. The first-order valence-corrected chi connectivity index (χ1v) is 14.1. The Kier molecular flexibility index (Phi) is 7.10. The lowest BCUT2D eigenvalue weighted by molar-refractivity contribution is -0.133. The number of fused-ring (bicyclic) bond motifs is 1. The molecule has 43 heavy (non-hydrogen) atoms. The van der Waals surface area contributed by atoms with E-state index >= 15 is 4.39 Å². The third-order valence-electron chi connectivity index (χ3n) is 7.35. The van der Waals surface area contributed by atoms with Gasteiger partial charge < -0.3 is 15.8 Å². The third kappa shape index (κ3) is 5.19. The minimum Gasteiger partial charge on any atom is -0.453 e. The van der Waals surface area contributed by atoms with Crippen molar-refractivity contribution >= 4 is 50.6 Å². The molecule has 0 spiro atoms. The molecule has 3 amide bonds. The summed E-state index contributed by atoms with van der Waals surface area (Å²) in [5.74, 6) is -2.53. The van der Waals surface area contributed by atoms with Gasteiger partial charge in [0.25, 0.3) is 5.91 Å². The van der Waals surface area contributed by atoms with Crippen LogP contribution in [0.1, 0.15) is 23.2 Å². The van der Waals surface area contributed by atoms with Crippen LogP contribution in [0.4, 0.5) is 20.2 Å². The summed E-state index contributed by atoms with van der Waals surface area (Å²) in [5, 5.41) is 2.59. The number of hydrogen-bond donors (Lipinski definition) is 2. The number of nitrogens with one attached hydrogen (secondary N) is 1. The zero-order valence-electron chi connectivity index (χ0n) is 22.8. The highest BCUT2D eigenvalue weighted by atomic mass is 32.1. The highest BCUT2D eigenvalue weighted by molar-refractivity contribution is 7.22. The topological polar surface area (TPSA) is 115 Å². The van der Waals surface area contributed by atoms with Crippen LogP contribution >= 0.6 is 11.3 Å². The Hall–Kier alpha value is -5.16.